The number of hydrogen-bond donors (Lipinski definition) is 2. The molecule has 0 spiro atoms. The molecule has 0 heterocycles. The summed E-state index contributed by atoms with van der Waals surface area (Å²) >= 11 is 0. The highest BCUT2D eigenvalue weighted by atomic mass is 35.5. The van der Waals surface area contributed by atoms with Crippen molar-refractivity contribution >= 4 is 43.4 Å². The largest absolute Gasteiger partial charge is 0.327 e. The summed E-state index contributed by atoms with van der Waals surface area (Å²) in [5, 5.41) is 0. The van der Waals surface area contributed by atoms with E-state index >= 15 is 0 Å². The van der Waals surface area contributed by atoms with E-state index in [1.165, 1.54) is 11.1 Å². The highest BCUT2D eigenvalue weighted by molar-refractivity contribution is 5.86. The Balaban J connectivity index is 0. The molecule has 32 heavy (non-hydrogen) atoms. The molecular weight excluding hydrogens is 461 g/mol. The molecule has 0 amide bonds. The number of halogens is 3. The van der Waals surface area contributed by atoms with Crippen LogP contribution in [0.3, 0.4) is 0 Å². The zero-order valence-corrected chi connectivity index (χ0v) is 21.9. The van der Waals surface area contributed by atoms with Crippen molar-refractivity contribution in [2.24, 2.45) is 28.3 Å². The molecule has 0 radical (unpaired) electrons. The fraction of sp³-hybridized carbons (Fsp3) is 0.500. The minimum atomic E-state index is 0. The van der Waals surface area contributed by atoms with Gasteiger partial charge in [0.1, 0.15) is 0 Å². The number of rotatable bonds is 13. The Bertz CT molecular complexity index is 652. The van der Waals surface area contributed by atoms with E-state index in [4.69, 9.17) is 16.5 Å². The highest BCUT2D eigenvalue weighted by Gasteiger charge is 2.11. The lowest BCUT2D eigenvalue weighted by atomic mass is 9.94. The number of nitrogens with two attached hydrogens (primary N) is 2. The lowest BCUT2D eigenvalue weighted by Crippen LogP contribution is -2.31. The summed E-state index contributed by atoms with van der Waals surface area (Å²) in [6, 6.07) is 21.8. The molecular formula is C26H42Cl3N3. The third kappa shape index (κ3) is 14.1. The topological polar surface area (TPSA) is 64.4 Å². The predicted molar refractivity (Wildman–Crippen MR) is 148 cm³/mol. The van der Waals surface area contributed by atoms with Crippen molar-refractivity contribution in [3.05, 3.63) is 71.8 Å². The van der Waals surface area contributed by atoms with Crippen molar-refractivity contribution in [2.75, 3.05) is 6.54 Å². The van der Waals surface area contributed by atoms with Gasteiger partial charge < -0.3 is 11.5 Å². The van der Waals surface area contributed by atoms with Gasteiger partial charge in [0.05, 0.1) is 6.54 Å². The van der Waals surface area contributed by atoms with Gasteiger partial charge >= 0.3 is 0 Å². The molecule has 0 aliphatic carbocycles. The van der Waals surface area contributed by atoms with Gasteiger partial charge in [0.25, 0.3) is 0 Å². The first-order chi connectivity index (χ1) is 14.0. The highest BCUT2D eigenvalue weighted by Crippen LogP contribution is 2.16. The van der Waals surface area contributed by atoms with E-state index in [0.29, 0.717) is 18.4 Å². The van der Waals surface area contributed by atoms with Crippen molar-refractivity contribution in [2.45, 2.75) is 64.5 Å². The van der Waals surface area contributed by atoms with Crippen LogP contribution in [0.5, 0.6) is 0 Å². The van der Waals surface area contributed by atoms with Crippen molar-refractivity contribution in [1.82, 2.24) is 0 Å². The van der Waals surface area contributed by atoms with Crippen LogP contribution in [-0.4, -0.2) is 24.8 Å². The summed E-state index contributed by atoms with van der Waals surface area (Å²) in [6.45, 7) is 5.02. The van der Waals surface area contributed by atoms with E-state index < -0.39 is 0 Å². The van der Waals surface area contributed by atoms with Gasteiger partial charge in [-0.05, 0) is 61.5 Å². The maximum Gasteiger partial charge on any atom is 0.0537 e. The lowest BCUT2D eigenvalue weighted by molar-refractivity contribution is 0.431. The molecule has 2 atom stereocenters. The van der Waals surface area contributed by atoms with Gasteiger partial charge in [0.2, 0.25) is 0 Å². The molecule has 3 nitrogen and oxygen atoms in total. The van der Waals surface area contributed by atoms with E-state index in [1.807, 2.05) is 0 Å². The third-order valence-corrected chi connectivity index (χ3v) is 5.68. The molecule has 0 aromatic heterocycles. The molecule has 2 rings (SSSR count). The van der Waals surface area contributed by atoms with Crippen molar-refractivity contribution in [3.63, 3.8) is 0 Å². The second kappa shape index (κ2) is 19.4. The number of benzene rings is 2. The van der Waals surface area contributed by atoms with Crippen LogP contribution < -0.4 is 11.5 Å². The molecule has 0 saturated heterocycles. The minimum Gasteiger partial charge on any atom is -0.327 e. The molecule has 2 aromatic carbocycles. The monoisotopic (exact) mass is 501 g/mol. The fourth-order valence-corrected chi connectivity index (χ4v) is 3.46. The van der Waals surface area contributed by atoms with Crippen LogP contribution >= 0.6 is 37.2 Å². The van der Waals surface area contributed by atoms with Crippen molar-refractivity contribution in [1.29, 1.82) is 0 Å². The van der Waals surface area contributed by atoms with Gasteiger partial charge in [-0.2, -0.15) is 0 Å². The maximum atomic E-state index is 6.27. The lowest BCUT2D eigenvalue weighted by Gasteiger charge is -2.17. The first-order valence-corrected chi connectivity index (χ1v) is 11.1. The first-order valence-electron chi connectivity index (χ1n) is 11.1. The van der Waals surface area contributed by atoms with Crippen molar-refractivity contribution in [3.8, 4) is 0 Å². The molecule has 6 heteroatoms. The van der Waals surface area contributed by atoms with Crippen molar-refractivity contribution < 1.29 is 0 Å². The third-order valence-electron chi connectivity index (χ3n) is 5.68. The Morgan fingerprint density at radius 1 is 0.719 bits per heavy atom. The second-order valence-electron chi connectivity index (χ2n) is 8.57. The molecule has 0 bridgehead atoms. The van der Waals surface area contributed by atoms with Crippen LogP contribution in [0, 0.1) is 11.8 Å². The van der Waals surface area contributed by atoms with E-state index in [2.05, 4.69) is 80.7 Å². The average Bonchev–Trinajstić information content (AvgIpc) is 2.74. The Hall–Kier alpha value is -1.10. The van der Waals surface area contributed by atoms with Crippen LogP contribution in [0.2, 0.25) is 0 Å². The summed E-state index contributed by atoms with van der Waals surface area (Å²) in [7, 11) is 0. The Kier molecular flexibility index (Phi) is 20.0. The van der Waals surface area contributed by atoms with Crippen LogP contribution in [0.15, 0.2) is 65.7 Å². The summed E-state index contributed by atoms with van der Waals surface area (Å²) in [4.78, 5) is 4.73. The van der Waals surface area contributed by atoms with Gasteiger partial charge in [-0.3, -0.25) is 4.99 Å². The maximum absolute atomic E-state index is 6.27. The molecule has 182 valence electrons. The van der Waals surface area contributed by atoms with Gasteiger partial charge in [-0.15, -0.1) is 37.2 Å². The van der Waals surface area contributed by atoms with Gasteiger partial charge in [-0.1, -0.05) is 74.5 Å². The predicted octanol–water partition coefficient (Wildman–Crippen LogP) is 6.30. The quantitative estimate of drug-likeness (QED) is 0.316. The molecule has 1 unspecified atom stereocenters. The Morgan fingerprint density at radius 2 is 1.19 bits per heavy atom. The van der Waals surface area contributed by atoms with Crippen LogP contribution in [0.4, 0.5) is 0 Å². The van der Waals surface area contributed by atoms with Crippen LogP contribution in [0.1, 0.15) is 50.7 Å². The summed E-state index contributed by atoms with van der Waals surface area (Å²) in [5.41, 5.74) is 15.2. The number of nitrogens with zero attached hydrogens (tertiary/aromatic N) is 1. The fourth-order valence-electron chi connectivity index (χ4n) is 3.46. The summed E-state index contributed by atoms with van der Waals surface area (Å²) in [5.74, 6) is 0.978. The van der Waals surface area contributed by atoms with Gasteiger partial charge in [-0.25, -0.2) is 0 Å². The first kappa shape index (κ1) is 33.1. The number of hydrogen-bond acceptors (Lipinski definition) is 3. The molecule has 2 aromatic rings. The molecule has 0 fully saturated rings. The SMILES string of the molecule is CC(C)C(N)CC[C@H](N)C/N=C/C(CCc1ccccc1)CCc1ccccc1.Cl.Cl.Cl. The van der Waals surface area contributed by atoms with E-state index in [-0.39, 0.29) is 49.3 Å². The molecule has 0 saturated carbocycles. The molecule has 0 aliphatic rings. The van der Waals surface area contributed by atoms with E-state index in [1.54, 1.807) is 0 Å². The van der Waals surface area contributed by atoms with E-state index in [9.17, 15) is 0 Å². The summed E-state index contributed by atoms with van der Waals surface area (Å²) in [6.07, 6.45) is 8.48. The second-order valence-corrected chi connectivity index (χ2v) is 8.57. The zero-order chi connectivity index (χ0) is 20.9. The number of aryl methyl sites for hydroxylation is 2. The van der Waals surface area contributed by atoms with Crippen LogP contribution in [-0.2, 0) is 12.8 Å². The minimum absolute atomic E-state index is 0. The number of aliphatic imine (C=N–C) groups is 1. The normalized spacial score (nSPS) is 12.7. The average molecular weight is 503 g/mol. The van der Waals surface area contributed by atoms with E-state index in [0.717, 1.165) is 38.5 Å². The molecule has 0 aliphatic heterocycles. The summed E-state index contributed by atoms with van der Waals surface area (Å²) < 4.78 is 0. The van der Waals surface area contributed by atoms with Crippen LogP contribution in [0.25, 0.3) is 0 Å². The standard InChI is InChI=1S/C26H39N3.3ClH/c1-21(2)26(28)18-17-25(27)20-29-19-24(15-13-22-9-5-3-6-10-22)16-14-23-11-7-4-8-12-23;;;/h3-12,19,21,24-26H,13-18,20,27-28H2,1-2H3;3*1H/b29-19+;;;/t25-,26?;;;/m0.../s1. The zero-order valence-electron chi connectivity index (χ0n) is 19.4. The Morgan fingerprint density at radius 3 is 1.62 bits per heavy atom. The smallest absolute Gasteiger partial charge is 0.0537 e. The van der Waals surface area contributed by atoms with Gasteiger partial charge in [0.15, 0.2) is 0 Å². The molecule has 4 N–H and O–H groups in total. The van der Waals surface area contributed by atoms with Gasteiger partial charge in [0, 0.05) is 18.3 Å². The Labute approximate surface area is 214 Å².